The Labute approximate surface area is 71.7 Å². The van der Waals surface area contributed by atoms with Crippen molar-refractivity contribution in [1.29, 1.82) is 0 Å². The van der Waals surface area contributed by atoms with E-state index in [2.05, 4.69) is 15.6 Å². The number of nitrogens with zero attached hydrogens (tertiary/aromatic N) is 3. The van der Waals surface area contributed by atoms with E-state index in [-0.39, 0.29) is 0 Å². The van der Waals surface area contributed by atoms with E-state index in [4.69, 9.17) is 4.74 Å². The van der Waals surface area contributed by atoms with Gasteiger partial charge in [0.15, 0.2) is 0 Å². The minimum atomic E-state index is 0.527. The van der Waals surface area contributed by atoms with E-state index in [1.54, 1.807) is 11.8 Å². The zero-order valence-corrected chi connectivity index (χ0v) is 7.45. The molecule has 0 amide bonds. The van der Waals surface area contributed by atoms with Crippen LogP contribution in [0.3, 0.4) is 0 Å². The SMILES string of the molecule is CNCCn1cc(COC)nn1. The second-order valence-electron chi connectivity index (χ2n) is 2.51. The van der Waals surface area contributed by atoms with Crippen LogP contribution in [0.15, 0.2) is 6.20 Å². The van der Waals surface area contributed by atoms with Gasteiger partial charge < -0.3 is 10.1 Å². The summed E-state index contributed by atoms with van der Waals surface area (Å²) in [6.07, 6.45) is 1.89. The standard InChI is InChI=1S/C7H14N4O/c1-8-3-4-11-5-7(6-12-2)9-10-11/h5,8H,3-4,6H2,1-2H3. The molecule has 0 atom stereocenters. The second-order valence-corrected chi connectivity index (χ2v) is 2.51. The van der Waals surface area contributed by atoms with Crippen LogP contribution < -0.4 is 5.32 Å². The highest BCUT2D eigenvalue weighted by atomic mass is 16.5. The molecule has 0 aliphatic carbocycles. The van der Waals surface area contributed by atoms with Gasteiger partial charge in [0.05, 0.1) is 19.3 Å². The molecule has 0 aliphatic heterocycles. The normalized spacial score (nSPS) is 10.5. The van der Waals surface area contributed by atoms with Crippen LogP contribution in [0.25, 0.3) is 0 Å². The first-order valence-electron chi connectivity index (χ1n) is 3.89. The fourth-order valence-corrected chi connectivity index (χ4v) is 0.888. The zero-order chi connectivity index (χ0) is 8.81. The molecule has 5 heteroatoms. The smallest absolute Gasteiger partial charge is 0.108 e. The second kappa shape index (κ2) is 4.84. The minimum absolute atomic E-state index is 0.527. The number of hydrogen-bond donors (Lipinski definition) is 1. The molecule has 1 N–H and O–H groups in total. The summed E-state index contributed by atoms with van der Waals surface area (Å²) in [5, 5.41) is 10.9. The van der Waals surface area contributed by atoms with Crippen molar-refractivity contribution >= 4 is 0 Å². The quantitative estimate of drug-likeness (QED) is 0.656. The molecule has 1 rings (SSSR count). The fraction of sp³-hybridized carbons (Fsp3) is 0.714. The van der Waals surface area contributed by atoms with E-state index in [1.165, 1.54) is 0 Å². The average molecular weight is 170 g/mol. The Hall–Kier alpha value is -0.940. The van der Waals surface area contributed by atoms with E-state index in [0.29, 0.717) is 6.61 Å². The lowest BCUT2D eigenvalue weighted by Gasteiger charge is -1.96. The summed E-state index contributed by atoms with van der Waals surface area (Å²) in [6, 6.07) is 0. The summed E-state index contributed by atoms with van der Waals surface area (Å²) in [5.41, 5.74) is 0.869. The molecule has 1 aromatic rings. The summed E-state index contributed by atoms with van der Waals surface area (Å²) in [6.45, 7) is 2.27. The molecule has 5 nitrogen and oxygen atoms in total. The van der Waals surface area contributed by atoms with Crippen molar-refractivity contribution in [2.24, 2.45) is 0 Å². The van der Waals surface area contributed by atoms with Crippen LogP contribution >= 0.6 is 0 Å². The van der Waals surface area contributed by atoms with Gasteiger partial charge in [-0.05, 0) is 7.05 Å². The Morgan fingerprint density at radius 2 is 2.50 bits per heavy atom. The van der Waals surface area contributed by atoms with Crippen LogP contribution in [-0.2, 0) is 17.9 Å². The Balaban J connectivity index is 2.41. The highest BCUT2D eigenvalue weighted by Gasteiger charge is 1.97. The molecule has 12 heavy (non-hydrogen) atoms. The maximum absolute atomic E-state index is 4.91. The zero-order valence-electron chi connectivity index (χ0n) is 7.45. The molecular formula is C7H14N4O. The van der Waals surface area contributed by atoms with Gasteiger partial charge in [0.2, 0.25) is 0 Å². The summed E-state index contributed by atoms with van der Waals surface area (Å²) in [4.78, 5) is 0. The first-order chi connectivity index (χ1) is 5.86. The predicted molar refractivity (Wildman–Crippen MR) is 44.7 cm³/mol. The highest BCUT2D eigenvalue weighted by Crippen LogP contribution is 1.93. The Morgan fingerprint density at radius 3 is 3.17 bits per heavy atom. The molecule has 0 radical (unpaired) electrons. The number of nitrogens with one attached hydrogen (secondary N) is 1. The monoisotopic (exact) mass is 170 g/mol. The van der Waals surface area contributed by atoms with Gasteiger partial charge in [0, 0.05) is 13.7 Å². The van der Waals surface area contributed by atoms with Gasteiger partial charge in [-0.25, -0.2) is 0 Å². The Morgan fingerprint density at radius 1 is 1.67 bits per heavy atom. The van der Waals surface area contributed by atoms with Crippen molar-refractivity contribution < 1.29 is 4.74 Å². The van der Waals surface area contributed by atoms with E-state index in [0.717, 1.165) is 18.8 Å². The molecule has 0 fully saturated rings. The number of rotatable bonds is 5. The molecule has 0 aromatic carbocycles. The van der Waals surface area contributed by atoms with Crippen molar-refractivity contribution in [2.75, 3.05) is 20.7 Å². The third-order valence-corrected chi connectivity index (χ3v) is 1.47. The summed E-state index contributed by atoms with van der Waals surface area (Å²) >= 11 is 0. The molecular weight excluding hydrogens is 156 g/mol. The third kappa shape index (κ3) is 2.60. The van der Waals surface area contributed by atoms with Gasteiger partial charge in [-0.2, -0.15) is 0 Å². The summed E-state index contributed by atoms with van der Waals surface area (Å²) in [5.74, 6) is 0. The van der Waals surface area contributed by atoms with Crippen LogP contribution in [0.2, 0.25) is 0 Å². The Kier molecular flexibility index (Phi) is 3.69. The Bertz CT molecular complexity index is 223. The van der Waals surface area contributed by atoms with Crippen LogP contribution in [0.4, 0.5) is 0 Å². The van der Waals surface area contributed by atoms with Gasteiger partial charge in [-0.1, -0.05) is 5.21 Å². The highest BCUT2D eigenvalue weighted by molar-refractivity contribution is 4.89. The van der Waals surface area contributed by atoms with E-state index >= 15 is 0 Å². The van der Waals surface area contributed by atoms with E-state index in [9.17, 15) is 0 Å². The first-order valence-corrected chi connectivity index (χ1v) is 3.89. The van der Waals surface area contributed by atoms with E-state index < -0.39 is 0 Å². The molecule has 0 spiro atoms. The number of methoxy groups -OCH3 is 1. The van der Waals surface area contributed by atoms with Crippen LogP contribution in [0.1, 0.15) is 5.69 Å². The average Bonchev–Trinajstić information content (AvgIpc) is 2.50. The van der Waals surface area contributed by atoms with Crippen molar-refractivity contribution in [3.05, 3.63) is 11.9 Å². The molecule has 0 saturated heterocycles. The van der Waals surface area contributed by atoms with Gasteiger partial charge in [-0.3, -0.25) is 4.68 Å². The van der Waals surface area contributed by atoms with Crippen molar-refractivity contribution in [2.45, 2.75) is 13.2 Å². The lowest BCUT2D eigenvalue weighted by Crippen LogP contribution is -2.15. The van der Waals surface area contributed by atoms with Crippen molar-refractivity contribution in [1.82, 2.24) is 20.3 Å². The summed E-state index contributed by atoms with van der Waals surface area (Å²) < 4.78 is 6.71. The van der Waals surface area contributed by atoms with Crippen molar-refractivity contribution in [3.63, 3.8) is 0 Å². The predicted octanol–water partition coefficient (Wildman–Crippen LogP) is -0.356. The molecule has 1 heterocycles. The molecule has 0 unspecified atom stereocenters. The fourth-order valence-electron chi connectivity index (χ4n) is 0.888. The number of aromatic nitrogens is 3. The van der Waals surface area contributed by atoms with Gasteiger partial charge in [0.25, 0.3) is 0 Å². The first kappa shape index (κ1) is 9.15. The largest absolute Gasteiger partial charge is 0.378 e. The van der Waals surface area contributed by atoms with Gasteiger partial charge in [0.1, 0.15) is 5.69 Å². The molecule has 68 valence electrons. The van der Waals surface area contributed by atoms with Crippen LogP contribution in [-0.4, -0.2) is 35.7 Å². The van der Waals surface area contributed by atoms with Gasteiger partial charge >= 0.3 is 0 Å². The lowest BCUT2D eigenvalue weighted by atomic mass is 10.5. The maximum Gasteiger partial charge on any atom is 0.108 e. The molecule has 1 aromatic heterocycles. The minimum Gasteiger partial charge on any atom is -0.378 e. The summed E-state index contributed by atoms with van der Waals surface area (Å²) in [7, 11) is 3.56. The molecule has 0 saturated carbocycles. The molecule has 0 bridgehead atoms. The van der Waals surface area contributed by atoms with Crippen molar-refractivity contribution in [3.8, 4) is 0 Å². The van der Waals surface area contributed by atoms with Gasteiger partial charge in [-0.15, -0.1) is 5.10 Å². The topological polar surface area (TPSA) is 52.0 Å². The van der Waals surface area contributed by atoms with Crippen LogP contribution in [0, 0.1) is 0 Å². The maximum atomic E-state index is 4.91. The number of hydrogen-bond acceptors (Lipinski definition) is 4. The number of likely N-dealkylation sites (N-methyl/N-ethyl adjacent to an activating group) is 1. The molecule has 0 aliphatic rings. The van der Waals surface area contributed by atoms with E-state index in [1.807, 2.05) is 13.2 Å². The number of ether oxygens (including phenoxy) is 1. The van der Waals surface area contributed by atoms with Crippen LogP contribution in [0.5, 0.6) is 0 Å². The lowest BCUT2D eigenvalue weighted by molar-refractivity contribution is 0.181. The third-order valence-electron chi connectivity index (χ3n) is 1.47.